The van der Waals surface area contributed by atoms with Crippen LogP contribution in [0.25, 0.3) is 22.3 Å². The molecule has 2 heterocycles. The minimum atomic E-state index is 0.183. The van der Waals surface area contributed by atoms with Crippen LogP contribution < -0.4 is 5.32 Å². The third kappa shape index (κ3) is 4.55. The Kier molecular flexibility index (Phi) is 6.45. The van der Waals surface area contributed by atoms with E-state index in [-0.39, 0.29) is 5.91 Å². The van der Waals surface area contributed by atoms with Crippen molar-refractivity contribution in [2.75, 3.05) is 44.6 Å². The number of likely N-dealkylation sites (N-methyl/N-ethyl adjacent to an activating group) is 1. The van der Waals surface area contributed by atoms with Gasteiger partial charge in [0.25, 0.3) is 0 Å². The van der Waals surface area contributed by atoms with Crippen molar-refractivity contribution >= 4 is 34.2 Å². The summed E-state index contributed by atoms with van der Waals surface area (Å²) in [6.45, 7) is 7.23. The molecule has 1 N–H and O–H groups in total. The average molecular weight is 424 g/mol. The molecule has 3 aromatic rings. The highest BCUT2D eigenvalue weighted by molar-refractivity contribution is 6.33. The van der Waals surface area contributed by atoms with Gasteiger partial charge in [-0.1, -0.05) is 42.8 Å². The van der Waals surface area contributed by atoms with E-state index in [1.165, 1.54) is 0 Å². The van der Waals surface area contributed by atoms with Gasteiger partial charge in [-0.25, -0.2) is 9.97 Å². The summed E-state index contributed by atoms with van der Waals surface area (Å²) in [4.78, 5) is 26.3. The van der Waals surface area contributed by atoms with Crippen molar-refractivity contribution in [3.05, 3.63) is 53.6 Å². The zero-order chi connectivity index (χ0) is 20.9. The Balaban J connectivity index is 1.48. The van der Waals surface area contributed by atoms with Crippen LogP contribution in [0.5, 0.6) is 0 Å². The molecule has 0 bridgehead atoms. The van der Waals surface area contributed by atoms with E-state index in [1.54, 1.807) is 0 Å². The van der Waals surface area contributed by atoms with Crippen molar-refractivity contribution in [1.29, 1.82) is 0 Å². The second-order valence-electron chi connectivity index (χ2n) is 7.38. The number of rotatable bonds is 6. The summed E-state index contributed by atoms with van der Waals surface area (Å²) >= 11 is 6.36. The first kappa shape index (κ1) is 20.6. The molecule has 1 fully saturated rings. The SMILES string of the molecule is CCN1CCN(C(=O)CCNc2nc(-c3ccccc3Cl)nc3ccccc23)CC1. The number of carbonyl (C=O) groups excluding carboxylic acids is 1. The van der Waals surface area contributed by atoms with Crippen LogP contribution in [0.4, 0.5) is 5.82 Å². The lowest BCUT2D eigenvalue weighted by molar-refractivity contribution is -0.132. The van der Waals surface area contributed by atoms with Gasteiger partial charge in [0, 0.05) is 50.1 Å². The highest BCUT2D eigenvalue weighted by Gasteiger charge is 2.20. The molecular weight excluding hydrogens is 398 g/mol. The maximum Gasteiger partial charge on any atom is 0.224 e. The summed E-state index contributed by atoms with van der Waals surface area (Å²) < 4.78 is 0. The van der Waals surface area contributed by atoms with E-state index in [2.05, 4.69) is 22.1 Å². The molecule has 0 atom stereocenters. The Hall–Kier alpha value is -2.70. The van der Waals surface area contributed by atoms with Gasteiger partial charge in [0.15, 0.2) is 5.82 Å². The first-order chi connectivity index (χ1) is 14.7. The molecule has 0 aliphatic carbocycles. The van der Waals surface area contributed by atoms with Crippen LogP contribution >= 0.6 is 11.6 Å². The molecule has 1 aliphatic rings. The minimum Gasteiger partial charge on any atom is -0.369 e. The maximum atomic E-state index is 12.6. The minimum absolute atomic E-state index is 0.183. The number of anilines is 1. The van der Waals surface area contributed by atoms with Gasteiger partial charge in [-0.15, -0.1) is 0 Å². The molecule has 1 saturated heterocycles. The smallest absolute Gasteiger partial charge is 0.224 e. The van der Waals surface area contributed by atoms with Crippen LogP contribution in [0.1, 0.15) is 13.3 Å². The monoisotopic (exact) mass is 423 g/mol. The molecule has 0 saturated carbocycles. The number of fused-ring (bicyclic) bond motifs is 1. The van der Waals surface area contributed by atoms with Gasteiger partial charge in [0.05, 0.1) is 10.5 Å². The Labute approximate surface area is 181 Å². The molecule has 156 valence electrons. The highest BCUT2D eigenvalue weighted by Crippen LogP contribution is 2.29. The Morgan fingerprint density at radius 2 is 1.77 bits per heavy atom. The second kappa shape index (κ2) is 9.41. The molecule has 4 rings (SSSR count). The van der Waals surface area contributed by atoms with Gasteiger partial charge in [-0.2, -0.15) is 0 Å². The zero-order valence-corrected chi connectivity index (χ0v) is 17.9. The van der Waals surface area contributed by atoms with Crippen LogP contribution in [0.15, 0.2) is 48.5 Å². The first-order valence-corrected chi connectivity index (χ1v) is 10.8. The number of para-hydroxylation sites is 1. The Bertz CT molecular complexity index is 1030. The van der Waals surface area contributed by atoms with Crippen LogP contribution in [0.3, 0.4) is 0 Å². The number of aromatic nitrogens is 2. The molecule has 0 radical (unpaired) electrons. The summed E-state index contributed by atoms with van der Waals surface area (Å²) in [7, 11) is 0. The summed E-state index contributed by atoms with van der Waals surface area (Å²) in [6, 6.07) is 15.4. The predicted octanol–water partition coefficient (Wildman–Crippen LogP) is 3.92. The summed E-state index contributed by atoms with van der Waals surface area (Å²) in [5.41, 5.74) is 1.63. The summed E-state index contributed by atoms with van der Waals surface area (Å²) in [6.07, 6.45) is 0.436. The fraction of sp³-hybridized carbons (Fsp3) is 0.348. The maximum absolute atomic E-state index is 12.6. The molecule has 1 aromatic heterocycles. The largest absolute Gasteiger partial charge is 0.369 e. The van der Waals surface area contributed by atoms with Crippen molar-refractivity contribution in [1.82, 2.24) is 19.8 Å². The lowest BCUT2D eigenvalue weighted by atomic mass is 10.2. The van der Waals surface area contributed by atoms with Gasteiger partial charge in [-0.3, -0.25) is 4.79 Å². The number of piperazine rings is 1. The molecule has 1 aliphatic heterocycles. The van der Waals surface area contributed by atoms with Crippen molar-refractivity contribution in [3.63, 3.8) is 0 Å². The van der Waals surface area contributed by atoms with E-state index >= 15 is 0 Å². The number of carbonyl (C=O) groups is 1. The van der Waals surface area contributed by atoms with E-state index in [4.69, 9.17) is 16.6 Å². The normalized spacial score (nSPS) is 14.8. The van der Waals surface area contributed by atoms with Gasteiger partial charge in [0.1, 0.15) is 5.82 Å². The number of amides is 1. The van der Waals surface area contributed by atoms with E-state index in [0.717, 1.165) is 55.0 Å². The van der Waals surface area contributed by atoms with Crippen LogP contribution in [0, 0.1) is 0 Å². The third-order valence-electron chi connectivity index (χ3n) is 5.52. The fourth-order valence-corrected chi connectivity index (χ4v) is 3.95. The molecular formula is C23H26ClN5O. The fourth-order valence-electron chi connectivity index (χ4n) is 3.73. The molecule has 2 aromatic carbocycles. The van der Waals surface area contributed by atoms with Crippen molar-refractivity contribution in [3.8, 4) is 11.4 Å². The average Bonchev–Trinajstić information content (AvgIpc) is 2.79. The number of hydrogen-bond donors (Lipinski definition) is 1. The third-order valence-corrected chi connectivity index (χ3v) is 5.85. The molecule has 1 amide bonds. The quantitative estimate of drug-likeness (QED) is 0.651. The Morgan fingerprint density at radius 3 is 2.53 bits per heavy atom. The second-order valence-corrected chi connectivity index (χ2v) is 7.79. The van der Waals surface area contributed by atoms with E-state index in [1.807, 2.05) is 53.4 Å². The van der Waals surface area contributed by atoms with Crippen LogP contribution in [-0.4, -0.2) is 64.9 Å². The molecule has 30 heavy (non-hydrogen) atoms. The molecule has 0 spiro atoms. The number of benzene rings is 2. The Morgan fingerprint density at radius 1 is 1.03 bits per heavy atom. The zero-order valence-electron chi connectivity index (χ0n) is 17.1. The number of hydrogen-bond acceptors (Lipinski definition) is 5. The molecule has 6 nitrogen and oxygen atoms in total. The van der Waals surface area contributed by atoms with Gasteiger partial charge in [0.2, 0.25) is 5.91 Å². The van der Waals surface area contributed by atoms with Crippen molar-refractivity contribution < 1.29 is 4.79 Å². The number of nitrogens with one attached hydrogen (secondary N) is 1. The topological polar surface area (TPSA) is 61.4 Å². The highest BCUT2D eigenvalue weighted by atomic mass is 35.5. The lowest BCUT2D eigenvalue weighted by Gasteiger charge is -2.34. The standard InChI is InChI=1S/C23H26ClN5O/c1-2-28-13-15-29(16-14-28)21(30)11-12-25-22-18-8-4-6-10-20(18)26-23(27-22)17-7-3-5-9-19(17)24/h3-10H,2,11-16H2,1H3,(H,25,26,27). The van der Waals surface area contributed by atoms with Crippen LogP contribution in [-0.2, 0) is 4.79 Å². The van der Waals surface area contributed by atoms with Crippen LogP contribution in [0.2, 0.25) is 5.02 Å². The van der Waals surface area contributed by atoms with E-state index in [9.17, 15) is 4.79 Å². The van der Waals surface area contributed by atoms with Crippen molar-refractivity contribution in [2.45, 2.75) is 13.3 Å². The molecule has 0 unspecified atom stereocenters. The molecule has 7 heteroatoms. The summed E-state index contributed by atoms with van der Waals surface area (Å²) in [5.74, 6) is 1.48. The lowest BCUT2D eigenvalue weighted by Crippen LogP contribution is -2.48. The van der Waals surface area contributed by atoms with Crippen molar-refractivity contribution in [2.24, 2.45) is 0 Å². The predicted molar refractivity (Wildman–Crippen MR) is 122 cm³/mol. The number of nitrogens with zero attached hydrogens (tertiary/aromatic N) is 4. The number of halogens is 1. The van der Waals surface area contributed by atoms with Gasteiger partial charge >= 0.3 is 0 Å². The first-order valence-electron chi connectivity index (χ1n) is 10.4. The van der Waals surface area contributed by atoms with Gasteiger partial charge in [-0.05, 0) is 30.8 Å². The van der Waals surface area contributed by atoms with E-state index < -0.39 is 0 Å². The van der Waals surface area contributed by atoms with Gasteiger partial charge < -0.3 is 15.1 Å². The summed E-state index contributed by atoms with van der Waals surface area (Å²) in [5, 5.41) is 4.89. The van der Waals surface area contributed by atoms with E-state index in [0.29, 0.717) is 23.8 Å².